The SMILES string of the molecule is CC(C)(C)CCOc1ncnc(Cl)c1[N+](=O)[O-]. The maximum absolute atomic E-state index is 10.8. The molecule has 0 aromatic carbocycles. The minimum Gasteiger partial charge on any atom is -0.473 e. The van der Waals surface area contributed by atoms with Crippen molar-refractivity contribution >= 4 is 17.3 Å². The normalized spacial score (nSPS) is 11.3. The summed E-state index contributed by atoms with van der Waals surface area (Å²) >= 11 is 5.62. The number of ether oxygens (including phenoxy) is 1. The number of hydrogen-bond acceptors (Lipinski definition) is 5. The molecular formula is C10H14ClN3O3. The van der Waals surface area contributed by atoms with Crippen molar-refractivity contribution in [2.24, 2.45) is 5.41 Å². The van der Waals surface area contributed by atoms with Gasteiger partial charge in [0.15, 0.2) is 0 Å². The third-order valence-corrected chi connectivity index (χ3v) is 2.29. The lowest BCUT2D eigenvalue weighted by Crippen LogP contribution is -2.12. The molecular weight excluding hydrogens is 246 g/mol. The highest BCUT2D eigenvalue weighted by atomic mass is 35.5. The molecule has 1 aromatic rings. The van der Waals surface area contributed by atoms with Crippen molar-refractivity contribution in [1.29, 1.82) is 0 Å². The van der Waals surface area contributed by atoms with Gasteiger partial charge in [0.05, 0.1) is 11.5 Å². The molecule has 0 atom stereocenters. The summed E-state index contributed by atoms with van der Waals surface area (Å²) in [6.45, 7) is 6.50. The van der Waals surface area contributed by atoms with Gasteiger partial charge in [-0.25, -0.2) is 4.98 Å². The van der Waals surface area contributed by atoms with E-state index in [2.05, 4.69) is 30.7 Å². The van der Waals surface area contributed by atoms with E-state index >= 15 is 0 Å². The number of rotatable bonds is 4. The van der Waals surface area contributed by atoms with Gasteiger partial charge in [0.1, 0.15) is 6.33 Å². The summed E-state index contributed by atoms with van der Waals surface area (Å²) in [7, 11) is 0. The Labute approximate surface area is 104 Å². The molecule has 0 spiro atoms. The maximum atomic E-state index is 10.8. The first kappa shape index (κ1) is 13.6. The minimum atomic E-state index is -0.644. The van der Waals surface area contributed by atoms with Gasteiger partial charge in [0.2, 0.25) is 5.15 Å². The van der Waals surface area contributed by atoms with E-state index in [0.717, 1.165) is 12.7 Å². The molecule has 0 unspecified atom stereocenters. The molecule has 0 bridgehead atoms. The van der Waals surface area contributed by atoms with Crippen molar-refractivity contribution < 1.29 is 9.66 Å². The number of nitrogens with zero attached hydrogens (tertiary/aromatic N) is 3. The number of halogens is 1. The van der Waals surface area contributed by atoms with Gasteiger partial charge >= 0.3 is 5.69 Å². The van der Waals surface area contributed by atoms with Crippen molar-refractivity contribution in [3.8, 4) is 5.88 Å². The Morgan fingerprint density at radius 1 is 1.47 bits per heavy atom. The molecule has 0 aliphatic carbocycles. The molecule has 94 valence electrons. The quantitative estimate of drug-likeness (QED) is 0.472. The van der Waals surface area contributed by atoms with Crippen molar-refractivity contribution in [2.75, 3.05) is 6.61 Å². The van der Waals surface area contributed by atoms with Gasteiger partial charge < -0.3 is 4.74 Å². The summed E-state index contributed by atoms with van der Waals surface area (Å²) in [6.07, 6.45) is 1.90. The highest BCUT2D eigenvalue weighted by molar-refractivity contribution is 6.31. The molecule has 17 heavy (non-hydrogen) atoms. The molecule has 6 nitrogen and oxygen atoms in total. The van der Waals surface area contributed by atoms with Crippen molar-refractivity contribution in [2.45, 2.75) is 27.2 Å². The molecule has 0 N–H and O–H groups in total. The Balaban J connectivity index is 2.78. The van der Waals surface area contributed by atoms with Crippen LogP contribution in [0.3, 0.4) is 0 Å². The van der Waals surface area contributed by atoms with Crippen LogP contribution < -0.4 is 4.74 Å². The summed E-state index contributed by atoms with van der Waals surface area (Å²) in [5.74, 6) is -0.0840. The number of hydrogen-bond donors (Lipinski definition) is 0. The molecule has 7 heteroatoms. The topological polar surface area (TPSA) is 78.2 Å². The van der Waals surface area contributed by atoms with Crippen molar-refractivity contribution in [1.82, 2.24) is 9.97 Å². The Bertz CT molecular complexity index is 418. The summed E-state index contributed by atoms with van der Waals surface area (Å²) in [4.78, 5) is 17.4. The molecule has 0 saturated carbocycles. The first-order valence-corrected chi connectivity index (χ1v) is 5.47. The third-order valence-electron chi connectivity index (χ3n) is 2.02. The maximum Gasteiger partial charge on any atom is 0.367 e. The van der Waals surface area contributed by atoms with Crippen LogP contribution >= 0.6 is 11.6 Å². The average molecular weight is 260 g/mol. The second-order valence-electron chi connectivity index (χ2n) is 4.73. The standard InChI is InChI=1S/C10H14ClN3O3/c1-10(2,3)4-5-17-9-7(14(15)16)8(11)12-6-13-9/h6H,4-5H2,1-3H3. The third kappa shape index (κ3) is 4.14. The Morgan fingerprint density at radius 2 is 2.12 bits per heavy atom. The first-order valence-electron chi connectivity index (χ1n) is 5.09. The van der Waals surface area contributed by atoms with Gasteiger partial charge in [0.25, 0.3) is 5.88 Å². The molecule has 0 aliphatic rings. The molecule has 0 aliphatic heterocycles. The highest BCUT2D eigenvalue weighted by Crippen LogP contribution is 2.30. The molecule has 0 fully saturated rings. The lowest BCUT2D eigenvalue weighted by atomic mass is 9.93. The fraction of sp³-hybridized carbons (Fsp3) is 0.600. The Kier molecular flexibility index (Phi) is 4.22. The van der Waals surface area contributed by atoms with Gasteiger partial charge in [-0.15, -0.1) is 0 Å². The summed E-state index contributed by atoms with van der Waals surface area (Å²) in [5, 5.41) is 10.6. The monoisotopic (exact) mass is 259 g/mol. The predicted molar refractivity (Wildman–Crippen MR) is 63.3 cm³/mol. The lowest BCUT2D eigenvalue weighted by molar-refractivity contribution is -0.386. The van der Waals surface area contributed by atoms with Crippen LogP contribution in [-0.4, -0.2) is 21.5 Å². The van der Waals surface area contributed by atoms with Crippen molar-refractivity contribution in [3.05, 3.63) is 21.6 Å². The van der Waals surface area contributed by atoms with Gasteiger partial charge in [-0.2, -0.15) is 4.98 Å². The van der Waals surface area contributed by atoms with E-state index in [1.54, 1.807) is 0 Å². The van der Waals surface area contributed by atoms with Crippen molar-refractivity contribution in [3.63, 3.8) is 0 Å². The van der Waals surface area contributed by atoms with Crippen LogP contribution in [0.5, 0.6) is 5.88 Å². The van der Waals surface area contributed by atoms with Gasteiger partial charge in [-0.1, -0.05) is 32.4 Å². The largest absolute Gasteiger partial charge is 0.473 e. The van der Waals surface area contributed by atoms with E-state index in [4.69, 9.17) is 16.3 Å². The first-order chi connectivity index (χ1) is 7.81. The van der Waals surface area contributed by atoms with Crippen LogP contribution in [0, 0.1) is 15.5 Å². The highest BCUT2D eigenvalue weighted by Gasteiger charge is 2.23. The average Bonchev–Trinajstić information content (AvgIpc) is 2.14. The lowest BCUT2D eigenvalue weighted by Gasteiger charge is -2.17. The number of nitro groups is 1. The molecule has 0 amide bonds. The summed E-state index contributed by atoms with van der Waals surface area (Å²) in [5.41, 5.74) is -0.297. The van der Waals surface area contributed by atoms with Crippen LogP contribution in [0.1, 0.15) is 27.2 Å². The van der Waals surface area contributed by atoms with E-state index in [1.807, 2.05) is 0 Å². The summed E-state index contributed by atoms with van der Waals surface area (Å²) < 4.78 is 5.28. The molecule has 1 aromatic heterocycles. The van der Waals surface area contributed by atoms with Crippen LogP contribution in [0.4, 0.5) is 5.69 Å². The molecule has 0 saturated heterocycles. The van der Waals surface area contributed by atoms with E-state index in [0.29, 0.717) is 6.61 Å². The van der Waals surface area contributed by atoms with E-state index in [9.17, 15) is 10.1 Å². The van der Waals surface area contributed by atoms with Gasteiger partial charge in [-0.3, -0.25) is 10.1 Å². The van der Waals surface area contributed by atoms with E-state index < -0.39 is 4.92 Å². The van der Waals surface area contributed by atoms with Gasteiger partial charge in [-0.05, 0) is 11.8 Å². The molecule has 0 radical (unpaired) electrons. The van der Waals surface area contributed by atoms with E-state index in [1.165, 1.54) is 0 Å². The fourth-order valence-corrected chi connectivity index (χ4v) is 1.25. The zero-order chi connectivity index (χ0) is 13.1. The second-order valence-corrected chi connectivity index (χ2v) is 5.09. The Hall–Kier alpha value is -1.43. The van der Waals surface area contributed by atoms with Crippen LogP contribution in [-0.2, 0) is 0 Å². The minimum absolute atomic E-state index is 0.0840. The van der Waals surface area contributed by atoms with Crippen LogP contribution in [0.25, 0.3) is 0 Å². The zero-order valence-electron chi connectivity index (χ0n) is 9.94. The Morgan fingerprint density at radius 3 is 2.65 bits per heavy atom. The zero-order valence-corrected chi connectivity index (χ0v) is 10.7. The number of aromatic nitrogens is 2. The van der Waals surface area contributed by atoms with Crippen LogP contribution in [0.15, 0.2) is 6.33 Å². The summed E-state index contributed by atoms with van der Waals surface area (Å²) in [6, 6.07) is 0. The fourth-order valence-electron chi connectivity index (χ4n) is 1.06. The predicted octanol–water partition coefficient (Wildman–Crippen LogP) is 2.85. The van der Waals surface area contributed by atoms with E-state index in [-0.39, 0.29) is 22.1 Å². The van der Waals surface area contributed by atoms with Gasteiger partial charge in [0, 0.05) is 0 Å². The van der Waals surface area contributed by atoms with Crippen LogP contribution in [0.2, 0.25) is 5.15 Å². The molecule has 1 heterocycles. The molecule has 1 rings (SSSR count). The second kappa shape index (κ2) is 5.27. The smallest absolute Gasteiger partial charge is 0.367 e.